The summed E-state index contributed by atoms with van der Waals surface area (Å²) in [6.45, 7) is 4.70. The normalized spacial score (nSPS) is 13.2. The summed E-state index contributed by atoms with van der Waals surface area (Å²) in [5, 5.41) is 12.5. The van der Waals surface area contributed by atoms with Crippen LogP contribution >= 0.6 is 11.3 Å². The van der Waals surface area contributed by atoms with Crippen molar-refractivity contribution in [1.29, 1.82) is 0 Å². The average molecular weight is 895 g/mol. The summed E-state index contributed by atoms with van der Waals surface area (Å²) in [5.74, 6) is 0. The first-order chi connectivity index (χ1) is 33.9. The molecule has 3 heteroatoms. The molecule has 0 unspecified atom stereocenters. The van der Waals surface area contributed by atoms with E-state index >= 15 is 0 Å². The van der Waals surface area contributed by atoms with Crippen LogP contribution in [0.3, 0.4) is 0 Å². The van der Waals surface area contributed by atoms with Crippen molar-refractivity contribution in [3.05, 3.63) is 230 Å². The van der Waals surface area contributed by atoms with Gasteiger partial charge in [0.1, 0.15) is 0 Å². The van der Waals surface area contributed by atoms with Crippen molar-refractivity contribution in [3.63, 3.8) is 0 Å². The maximum Gasteiger partial charge on any atom is 0.156 e. The summed E-state index contributed by atoms with van der Waals surface area (Å²) in [4.78, 5) is 5.49. The number of thiophene rings is 1. The van der Waals surface area contributed by atoms with Crippen LogP contribution in [0.15, 0.2) is 218 Å². The molecule has 11 aromatic carbocycles. The lowest BCUT2D eigenvalue weighted by atomic mass is 9.81. The van der Waals surface area contributed by atoms with Gasteiger partial charge in [0, 0.05) is 20.9 Å². The van der Waals surface area contributed by atoms with Crippen molar-refractivity contribution in [1.82, 2.24) is 9.38 Å². The topological polar surface area (TPSA) is 17.3 Å². The predicted molar refractivity (Wildman–Crippen MR) is 295 cm³/mol. The molecular weight excluding hydrogens is 853 g/mol. The molecule has 14 aromatic rings. The third-order valence-electron chi connectivity index (χ3n) is 15.3. The van der Waals surface area contributed by atoms with E-state index in [1.54, 1.807) is 0 Å². The Morgan fingerprint density at radius 2 is 0.957 bits per heavy atom. The fourth-order valence-corrected chi connectivity index (χ4v) is 13.0. The minimum atomic E-state index is -0.0280. The number of nitrogens with zero attached hydrogens (tertiary/aromatic N) is 2. The molecule has 0 amide bonds. The van der Waals surface area contributed by atoms with E-state index in [0.717, 1.165) is 27.9 Å². The molecule has 0 saturated carbocycles. The first kappa shape index (κ1) is 38.7. The molecule has 0 fully saturated rings. The van der Waals surface area contributed by atoms with Crippen molar-refractivity contribution in [2.45, 2.75) is 19.3 Å². The van der Waals surface area contributed by atoms with Gasteiger partial charge in [-0.3, -0.25) is 4.40 Å². The number of imidazole rings is 1. The molecule has 3 aromatic heterocycles. The maximum absolute atomic E-state index is 5.49. The van der Waals surface area contributed by atoms with Gasteiger partial charge in [-0.05, 0) is 147 Å². The lowest BCUT2D eigenvalue weighted by Gasteiger charge is -2.22. The van der Waals surface area contributed by atoms with Gasteiger partial charge in [-0.2, -0.15) is 0 Å². The third kappa shape index (κ3) is 5.69. The number of hydrogen-bond acceptors (Lipinski definition) is 2. The smallest absolute Gasteiger partial charge is 0.156 e. The van der Waals surface area contributed by atoms with Crippen LogP contribution in [0.4, 0.5) is 0 Å². The summed E-state index contributed by atoms with van der Waals surface area (Å²) in [6.07, 6.45) is 0. The van der Waals surface area contributed by atoms with Crippen molar-refractivity contribution in [2.24, 2.45) is 0 Å². The Bertz CT molecular complexity index is 4490. The minimum absolute atomic E-state index is 0.0280. The number of pyridine rings is 1. The summed E-state index contributed by atoms with van der Waals surface area (Å²) >= 11 is 1.85. The summed E-state index contributed by atoms with van der Waals surface area (Å²) < 4.78 is 4.91. The largest absolute Gasteiger partial charge is 0.291 e. The SMILES string of the molecule is CC1(C)c2ccccc2-c2ccc(-c3ccc(-c4ccc(-c5ccc(-c6cc7c(sc8ccc9ccccc9c87)c7nc8cc9cc%10ccccc%10cc9cc8n67)cc5)c5ccccc45)cc3)cc21. The van der Waals surface area contributed by atoms with E-state index < -0.39 is 0 Å². The van der Waals surface area contributed by atoms with Crippen LogP contribution in [-0.4, -0.2) is 9.38 Å². The van der Waals surface area contributed by atoms with Crippen LogP contribution in [0.1, 0.15) is 25.0 Å². The Hall–Kier alpha value is -8.37. The molecule has 0 radical (unpaired) electrons. The molecule has 15 rings (SSSR count). The van der Waals surface area contributed by atoms with Gasteiger partial charge < -0.3 is 0 Å². The van der Waals surface area contributed by atoms with Crippen LogP contribution in [0.25, 0.3) is 136 Å². The fraction of sp³-hybridized carbons (Fsp3) is 0.0455. The molecule has 0 spiro atoms. The Labute approximate surface area is 403 Å². The highest BCUT2D eigenvalue weighted by atomic mass is 32.1. The number of benzene rings is 11. The molecule has 3 heterocycles. The third-order valence-corrected chi connectivity index (χ3v) is 16.5. The Morgan fingerprint density at radius 1 is 0.391 bits per heavy atom. The highest BCUT2D eigenvalue weighted by Gasteiger charge is 2.35. The molecule has 0 bridgehead atoms. The first-order valence-electron chi connectivity index (χ1n) is 23.9. The second-order valence-electron chi connectivity index (χ2n) is 19.5. The highest BCUT2D eigenvalue weighted by Crippen LogP contribution is 2.50. The quantitative estimate of drug-likeness (QED) is 0.161. The minimum Gasteiger partial charge on any atom is -0.291 e. The number of hydrogen-bond donors (Lipinski definition) is 0. The Morgan fingerprint density at radius 3 is 1.68 bits per heavy atom. The van der Waals surface area contributed by atoms with E-state index in [4.69, 9.17) is 4.98 Å². The van der Waals surface area contributed by atoms with Crippen LogP contribution in [0.2, 0.25) is 0 Å². The van der Waals surface area contributed by atoms with Crippen LogP contribution in [0.5, 0.6) is 0 Å². The fourth-order valence-electron chi connectivity index (χ4n) is 11.9. The predicted octanol–water partition coefficient (Wildman–Crippen LogP) is 18.4. The molecule has 0 aliphatic heterocycles. The zero-order valence-electron chi connectivity index (χ0n) is 38.1. The van der Waals surface area contributed by atoms with E-state index in [0.29, 0.717) is 0 Å². The second kappa shape index (κ2) is 14.3. The van der Waals surface area contributed by atoms with Gasteiger partial charge in [-0.25, -0.2) is 4.98 Å². The zero-order chi connectivity index (χ0) is 45.5. The van der Waals surface area contributed by atoms with Gasteiger partial charge in [0.15, 0.2) is 5.65 Å². The zero-order valence-corrected chi connectivity index (χ0v) is 38.9. The van der Waals surface area contributed by atoms with Gasteiger partial charge >= 0.3 is 0 Å². The Kier molecular flexibility index (Phi) is 8.03. The lowest BCUT2D eigenvalue weighted by Crippen LogP contribution is -2.14. The molecule has 0 N–H and O–H groups in total. The van der Waals surface area contributed by atoms with Gasteiger partial charge in [-0.1, -0.05) is 190 Å². The van der Waals surface area contributed by atoms with Crippen LogP contribution in [0, 0.1) is 0 Å². The van der Waals surface area contributed by atoms with Gasteiger partial charge in [0.05, 0.1) is 21.4 Å². The van der Waals surface area contributed by atoms with Crippen molar-refractivity contribution < 1.29 is 0 Å². The van der Waals surface area contributed by atoms with E-state index in [-0.39, 0.29) is 5.41 Å². The number of aromatic nitrogens is 2. The highest BCUT2D eigenvalue weighted by molar-refractivity contribution is 7.26. The summed E-state index contributed by atoms with van der Waals surface area (Å²) in [6, 6.07) is 81.4. The number of rotatable bonds is 4. The van der Waals surface area contributed by atoms with Crippen molar-refractivity contribution >= 4 is 91.3 Å². The molecular formula is C66H42N2S. The maximum atomic E-state index is 5.49. The molecule has 1 aliphatic carbocycles. The van der Waals surface area contributed by atoms with Gasteiger partial charge in [0.25, 0.3) is 0 Å². The van der Waals surface area contributed by atoms with E-state index in [1.165, 1.54) is 119 Å². The molecule has 0 atom stereocenters. The average Bonchev–Trinajstić information content (AvgIpc) is 4.04. The molecule has 69 heavy (non-hydrogen) atoms. The summed E-state index contributed by atoms with van der Waals surface area (Å²) in [7, 11) is 0. The summed E-state index contributed by atoms with van der Waals surface area (Å²) in [5.41, 5.74) is 18.3. The molecule has 0 saturated heterocycles. The number of fused-ring (bicyclic) bond motifs is 15. The van der Waals surface area contributed by atoms with Gasteiger partial charge in [-0.15, -0.1) is 11.3 Å². The molecule has 322 valence electrons. The van der Waals surface area contributed by atoms with Crippen molar-refractivity contribution in [3.8, 4) is 55.8 Å². The van der Waals surface area contributed by atoms with Crippen LogP contribution in [-0.2, 0) is 5.41 Å². The monoisotopic (exact) mass is 894 g/mol. The standard InChI is InChI=1S/C66H42N2S/c1-66(2)57-18-10-9-17-54(57)55-29-27-46(35-58(55)66)39-19-21-41(22-20-39)49-30-31-50(53-16-8-7-15-52(49)53)42-23-25-43(26-24-42)60-38-56-63-51-14-6-5-11-40(51)28-32-62(63)69-64(56)65-67-59-36-47-33-44-12-3-4-13-45(44)34-48(47)37-61(59)68(60)65/h3-38H,1-2H3. The van der Waals surface area contributed by atoms with Gasteiger partial charge in [0.2, 0.25) is 0 Å². The van der Waals surface area contributed by atoms with E-state index in [1.807, 2.05) is 11.3 Å². The Balaban J connectivity index is 0.841. The first-order valence-corrected chi connectivity index (χ1v) is 24.7. The van der Waals surface area contributed by atoms with Crippen LogP contribution < -0.4 is 0 Å². The van der Waals surface area contributed by atoms with E-state index in [2.05, 4.69) is 237 Å². The molecule has 2 nitrogen and oxygen atoms in total. The van der Waals surface area contributed by atoms with E-state index in [9.17, 15) is 0 Å². The lowest BCUT2D eigenvalue weighted by molar-refractivity contribution is 0.660. The van der Waals surface area contributed by atoms with Crippen molar-refractivity contribution in [2.75, 3.05) is 0 Å². The second-order valence-corrected chi connectivity index (χ2v) is 20.5. The molecule has 1 aliphatic rings.